The maximum atomic E-state index is 3.77. The summed E-state index contributed by atoms with van der Waals surface area (Å²) in [6, 6.07) is 12.2. The lowest BCUT2D eigenvalue weighted by molar-refractivity contribution is 0.0563. The van der Waals surface area contributed by atoms with E-state index in [0.717, 1.165) is 13.1 Å². The lowest BCUT2D eigenvalue weighted by Gasteiger charge is -2.48. The van der Waals surface area contributed by atoms with E-state index >= 15 is 0 Å². The van der Waals surface area contributed by atoms with Crippen molar-refractivity contribution in [3.63, 3.8) is 0 Å². The van der Waals surface area contributed by atoms with Crippen LogP contribution in [0.15, 0.2) is 30.3 Å². The molecule has 1 fully saturated rings. The van der Waals surface area contributed by atoms with Gasteiger partial charge in [0.1, 0.15) is 0 Å². The van der Waals surface area contributed by atoms with Gasteiger partial charge < -0.3 is 5.32 Å². The Kier molecular flexibility index (Phi) is 5.83. The van der Waals surface area contributed by atoms with Crippen LogP contribution in [0, 0.1) is 0 Å². The lowest BCUT2D eigenvalue weighted by Crippen LogP contribution is -2.62. The molecule has 2 heteroatoms. The molecule has 2 nitrogen and oxygen atoms in total. The summed E-state index contributed by atoms with van der Waals surface area (Å²) in [5, 5.41) is 3.77. The summed E-state index contributed by atoms with van der Waals surface area (Å²) in [5.74, 6) is 0. The largest absolute Gasteiger partial charge is 0.305 e. The number of benzene rings is 1. The van der Waals surface area contributed by atoms with Crippen molar-refractivity contribution in [1.29, 1.82) is 0 Å². The van der Waals surface area contributed by atoms with Crippen LogP contribution in [0.4, 0.5) is 0 Å². The standard InChI is InChI=1S/C19H32N2/c1-5-6-8-11-16(2)21-15-19(4,20-14-17(21)3)18-12-9-7-10-13-18/h7,9-10,12-13,16-17,20H,5-6,8,11,14-15H2,1-4H3. The molecule has 1 aromatic carbocycles. The Morgan fingerprint density at radius 2 is 2.00 bits per heavy atom. The monoisotopic (exact) mass is 288 g/mol. The Morgan fingerprint density at radius 1 is 1.29 bits per heavy atom. The van der Waals surface area contributed by atoms with Crippen molar-refractivity contribution < 1.29 is 0 Å². The van der Waals surface area contributed by atoms with Gasteiger partial charge in [0.15, 0.2) is 0 Å². The molecule has 3 unspecified atom stereocenters. The number of hydrogen-bond donors (Lipinski definition) is 1. The Balaban J connectivity index is 2.05. The third-order valence-electron chi connectivity index (χ3n) is 5.06. The predicted octanol–water partition coefficient (Wildman–Crippen LogP) is 4.16. The maximum Gasteiger partial charge on any atom is 0.0535 e. The van der Waals surface area contributed by atoms with Gasteiger partial charge in [-0.25, -0.2) is 0 Å². The van der Waals surface area contributed by atoms with E-state index in [1.165, 1.54) is 31.2 Å². The molecule has 0 saturated carbocycles. The quantitative estimate of drug-likeness (QED) is 0.791. The first-order chi connectivity index (χ1) is 10.1. The van der Waals surface area contributed by atoms with Gasteiger partial charge >= 0.3 is 0 Å². The summed E-state index contributed by atoms with van der Waals surface area (Å²) in [6.07, 6.45) is 5.35. The first kappa shape index (κ1) is 16.5. The van der Waals surface area contributed by atoms with Crippen molar-refractivity contribution in [2.75, 3.05) is 13.1 Å². The Morgan fingerprint density at radius 3 is 2.67 bits per heavy atom. The molecule has 2 rings (SSSR count). The topological polar surface area (TPSA) is 15.3 Å². The number of rotatable bonds is 6. The van der Waals surface area contributed by atoms with E-state index in [2.05, 4.69) is 68.2 Å². The van der Waals surface area contributed by atoms with Gasteiger partial charge in [0, 0.05) is 25.2 Å². The van der Waals surface area contributed by atoms with Gasteiger partial charge in [0.25, 0.3) is 0 Å². The Hall–Kier alpha value is -0.860. The zero-order valence-electron chi connectivity index (χ0n) is 14.2. The highest BCUT2D eigenvalue weighted by molar-refractivity contribution is 5.25. The average molecular weight is 288 g/mol. The van der Waals surface area contributed by atoms with Gasteiger partial charge in [-0.3, -0.25) is 4.90 Å². The second-order valence-electron chi connectivity index (χ2n) is 6.95. The van der Waals surface area contributed by atoms with Gasteiger partial charge in [-0.2, -0.15) is 0 Å². The molecule has 0 aliphatic carbocycles. The minimum Gasteiger partial charge on any atom is -0.305 e. The molecule has 1 aliphatic rings. The first-order valence-electron chi connectivity index (χ1n) is 8.63. The number of hydrogen-bond acceptors (Lipinski definition) is 2. The van der Waals surface area contributed by atoms with E-state index in [-0.39, 0.29) is 5.54 Å². The number of nitrogens with one attached hydrogen (secondary N) is 1. The van der Waals surface area contributed by atoms with Crippen LogP contribution < -0.4 is 5.32 Å². The molecule has 1 aromatic rings. The van der Waals surface area contributed by atoms with Crippen LogP contribution in [0.2, 0.25) is 0 Å². The van der Waals surface area contributed by atoms with Crippen LogP contribution in [0.3, 0.4) is 0 Å². The molecule has 0 bridgehead atoms. The predicted molar refractivity (Wildman–Crippen MR) is 91.6 cm³/mol. The fourth-order valence-corrected chi connectivity index (χ4v) is 3.51. The molecule has 118 valence electrons. The zero-order valence-corrected chi connectivity index (χ0v) is 14.2. The number of nitrogens with zero attached hydrogens (tertiary/aromatic N) is 1. The van der Waals surface area contributed by atoms with Crippen molar-refractivity contribution >= 4 is 0 Å². The number of piperazine rings is 1. The lowest BCUT2D eigenvalue weighted by atomic mass is 9.87. The second kappa shape index (κ2) is 7.42. The molecule has 0 spiro atoms. The summed E-state index contributed by atoms with van der Waals surface area (Å²) in [6.45, 7) is 11.6. The first-order valence-corrected chi connectivity index (χ1v) is 8.63. The van der Waals surface area contributed by atoms with E-state index in [1.807, 2.05) is 0 Å². The normalized spacial score (nSPS) is 28.5. The van der Waals surface area contributed by atoms with E-state index in [4.69, 9.17) is 0 Å². The highest BCUT2D eigenvalue weighted by Crippen LogP contribution is 2.28. The van der Waals surface area contributed by atoms with Gasteiger partial charge in [0.2, 0.25) is 0 Å². The summed E-state index contributed by atoms with van der Waals surface area (Å²) in [7, 11) is 0. The van der Waals surface area contributed by atoms with Crippen LogP contribution in [0.25, 0.3) is 0 Å². The van der Waals surface area contributed by atoms with Crippen molar-refractivity contribution in [3.8, 4) is 0 Å². The SMILES string of the molecule is CCCCCC(C)N1CC(C)(c2ccccc2)NCC1C. The molecule has 0 radical (unpaired) electrons. The van der Waals surface area contributed by atoms with E-state index in [9.17, 15) is 0 Å². The molecule has 1 N–H and O–H groups in total. The Bertz CT molecular complexity index is 417. The van der Waals surface area contributed by atoms with Gasteiger partial charge in [-0.1, -0.05) is 56.5 Å². The smallest absolute Gasteiger partial charge is 0.0535 e. The van der Waals surface area contributed by atoms with Gasteiger partial charge in [0.05, 0.1) is 5.54 Å². The fourth-order valence-electron chi connectivity index (χ4n) is 3.51. The molecule has 0 amide bonds. The van der Waals surface area contributed by atoms with E-state index in [0.29, 0.717) is 12.1 Å². The molecule has 1 heterocycles. The summed E-state index contributed by atoms with van der Waals surface area (Å²) >= 11 is 0. The zero-order chi connectivity index (χ0) is 15.3. The molecule has 21 heavy (non-hydrogen) atoms. The second-order valence-corrected chi connectivity index (χ2v) is 6.95. The van der Waals surface area contributed by atoms with Crippen LogP contribution in [-0.2, 0) is 5.54 Å². The van der Waals surface area contributed by atoms with Crippen LogP contribution in [0.5, 0.6) is 0 Å². The van der Waals surface area contributed by atoms with Crippen molar-refractivity contribution in [1.82, 2.24) is 10.2 Å². The molecular weight excluding hydrogens is 256 g/mol. The minimum atomic E-state index is 0.0762. The molecular formula is C19H32N2. The van der Waals surface area contributed by atoms with E-state index in [1.54, 1.807) is 0 Å². The molecule has 0 aromatic heterocycles. The van der Waals surface area contributed by atoms with Crippen molar-refractivity contribution in [3.05, 3.63) is 35.9 Å². The van der Waals surface area contributed by atoms with Crippen LogP contribution in [-0.4, -0.2) is 30.1 Å². The number of unbranched alkanes of at least 4 members (excludes halogenated alkanes) is 2. The van der Waals surface area contributed by atoms with Gasteiger partial charge in [-0.15, -0.1) is 0 Å². The minimum absolute atomic E-state index is 0.0762. The molecule has 3 atom stereocenters. The molecule has 1 aliphatic heterocycles. The van der Waals surface area contributed by atoms with Crippen molar-refractivity contribution in [2.24, 2.45) is 0 Å². The third-order valence-corrected chi connectivity index (χ3v) is 5.06. The Labute approximate surface area is 130 Å². The average Bonchev–Trinajstić information content (AvgIpc) is 2.51. The summed E-state index contributed by atoms with van der Waals surface area (Å²) in [4.78, 5) is 2.71. The molecule has 1 saturated heterocycles. The van der Waals surface area contributed by atoms with Crippen molar-refractivity contribution in [2.45, 2.75) is 71.0 Å². The van der Waals surface area contributed by atoms with Gasteiger partial charge in [-0.05, 0) is 32.8 Å². The van der Waals surface area contributed by atoms with Crippen LogP contribution in [0.1, 0.15) is 58.9 Å². The summed E-state index contributed by atoms with van der Waals surface area (Å²) in [5.41, 5.74) is 1.48. The summed E-state index contributed by atoms with van der Waals surface area (Å²) < 4.78 is 0. The highest BCUT2D eigenvalue weighted by atomic mass is 15.3. The van der Waals surface area contributed by atoms with E-state index < -0.39 is 0 Å². The fraction of sp³-hybridized carbons (Fsp3) is 0.684. The maximum absolute atomic E-state index is 3.77. The highest BCUT2D eigenvalue weighted by Gasteiger charge is 2.36. The third kappa shape index (κ3) is 4.08. The van der Waals surface area contributed by atoms with Crippen LogP contribution >= 0.6 is 0 Å².